The number of hydrogen-bond donors (Lipinski definition) is 2. The van der Waals surface area contributed by atoms with Crippen LogP contribution in [0.25, 0.3) is 0 Å². The lowest BCUT2D eigenvalue weighted by Gasteiger charge is -2.17. The van der Waals surface area contributed by atoms with Crippen molar-refractivity contribution in [1.29, 1.82) is 0 Å². The second kappa shape index (κ2) is 9.91. The Kier molecular flexibility index (Phi) is 6.88. The Morgan fingerprint density at radius 2 is 0.649 bits per heavy atom. The quantitative estimate of drug-likeness (QED) is 0.149. The van der Waals surface area contributed by atoms with E-state index in [1.165, 1.54) is 36.4 Å². The average Bonchev–Trinajstić information content (AvgIpc) is 2.90. The molecule has 13 heteroatoms. The van der Waals surface area contributed by atoms with E-state index >= 15 is 0 Å². The molecule has 0 aliphatic carbocycles. The third-order valence-corrected chi connectivity index (χ3v) is 4.93. The van der Waals surface area contributed by atoms with E-state index in [9.17, 15) is 43.9 Å². The van der Waals surface area contributed by atoms with Crippen LogP contribution in [0.5, 0.6) is 11.5 Å². The van der Waals surface area contributed by atoms with Gasteiger partial charge in [0.1, 0.15) is 11.4 Å². The van der Waals surface area contributed by atoms with Gasteiger partial charge in [-0.15, -0.1) is 0 Å². The summed E-state index contributed by atoms with van der Waals surface area (Å²) in [5, 5.41) is 4.09. The topological polar surface area (TPSA) is 33.3 Å². The monoisotopic (exact) mass is 532 g/mol. The molecule has 0 saturated heterocycles. The lowest BCUT2D eigenvalue weighted by molar-refractivity contribution is 0.382. The summed E-state index contributed by atoms with van der Waals surface area (Å²) >= 11 is 0. The zero-order valence-corrected chi connectivity index (χ0v) is 17.8. The maximum absolute atomic E-state index is 14.1. The van der Waals surface area contributed by atoms with E-state index in [-0.39, 0.29) is 22.9 Å². The standard InChI is InChI=1S/C24H10F10N2O/c25-13-15(27)19(31)23(20(32)16(13)28)35-9-5-1-3-7-11(9)37-12-8-4-2-6-10(12)36-24-21(33)17(29)14(26)18(30)22(24)34/h1-8,35-36H. The lowest BCUT2D eigenvalue weighted by Crippen LogP contribution is -2.08. The summed E-state index contributed by atoms with van der Waals surface area (Å²) in [6, 6.07) is 10.0. The number of anilines is 4. The summed E-state index contributed by atoms with van der Waals surface area (Å²) in [5.41, 5.74) is -3.39. The van der Waals surface area contributed by atoms with Gasteiger partial charge in [-0.2, -0.15) is 0 Å². The van der Waals surface area contributed by atoms with Crippen LogP contribution in [0.15, 0.2) is 48.5 Å². The molecule has 3 nitrogen and oxygen atoms in total. The van der Waals surface area contributed by atoms with Gasteiger partial charge >= 0.3 is 0 Å². The molecule has 0 aliphatic rings. The van der Waals surface area contributed by atoms with Crippen molar-refractivity contribution in [2.75, 3.05) is 10.6 Å². The average molecular weight is 532 g/mol. The van der Waals surface area contributed by atoms with Gasteiger partial charge in [-0.25, -0.2) is 43.9 Å². The van der Waals surface area contributed by atoms with Gasteiger partial charge in [-0.1, -0.05) is 24.3 Å². The number of halogens is 10. The maximum Gasteiger partial charge on any atom is 0.200 e. The second-order valence-corrected chi connectivity index (χ2v) is 7.23. The molecule has 0 amide bonds. The first-order valence-corrected chi connectivity index (χ1v) is 9.95. The molecule has 0 spiro atoms. The Hall–Kier alpha value is -4.42. The van der Waals surface area contributed by atoms with Gasteiger partial charge < -0.3 is 15.4 Å². The fourth-order valence-corrected chi connectivity index (χ4v) is 3.13. The van der Waals surface area contributed by atoms with Crippen LogP contribution in [0.2, 0.25) is 0 Å². The number of nitrogens with one attached hydrogen (secondary N) is 2. The van der Waals surface area contributed by atoms with Crippen LogP contribution in [-0.2, 0) is 0 Å². The van der Waals surface area contributed by atoms with Gasteiger partial charge in [0, 0.05) is 0 Å². The van der Waals surface area contributed by atoms with Gasteiger partial charge in [0.15, 0.2) is 58.0 Å². The minimum Gasteiger partial charge on any atom is -0.453 e. The Balaban J connectivity index is 1.72. The SMILES string of the molecule is Fc1c(F)c(F)c(Nc2ccccc2Oc2ccccc2Nc2c(F)c(F)c(F)c(F)c2F)c(F)c1F. The van der Waals surface area contributed by atoms with Crippen LogP contribution in [0.1, 0.15) is 0 Å². The van der Waals surface area contributed by atoms with E-state index in [4.69, 9.17) is 4.74 Å². The summed E-state index contributed by atoms with van der Waals surface area (Å²) in [5.74, 6) is -22.7. The first-order chi connectivity index (χ1) is 17.5. The molecule has 2 N–H and O–H groups in total. The van der Waals surface area contributed by atoms with E-state index in [0.717, 1.165) is 12.1 Å². The molecule has 0 aliphatic heterocycles. The normalized spacial score (nSPS) is 11.0. The van der Waals surface area contributed by atoms with E-state index in [0.29, 0.717) is 0 Å². The predicted molar refractivity (Wildman–Crippen MR) is 112 cm³/mol. The van der Waals surface area contributed by atoms with Crippen LogP contribution in [0.3, 0.4) is 0 Å². The molecule has 0 unspecified atom stereocenters. The van der Waals surface area contributed by atoms with Crippen LogP contribution in [0, 0.1) is 58.2 Å². The number of benzene rings is 4. The third-order valence-electron chi connectivity index (χ3n) is 4.93. The van der Waals surface area contributed by atoms with Gasteiger partial charge in [0.2, 0.25) is 11.6 Å². The van der Waals surface area contributed by atoms with Crippen LogP contribution < -0.4 is 15.4 Å². The van der Waals surface area contributed by atoms with Gasteiger partial charge in [0.05, 0.1) is 11.4 Å². The van der Waals surface area contributed by atoms with E-state index in [1.807, 2.05) is 10.6 Å². The van der Waals surface area contributed by atoms with Crippen LogP contribution in [0.4, 0.5) is 66.7 Å². The fraction of sp³-hybridized carbons (Fsp3) is 0. The van der Waals surface area contributed by atoms with Crippen molar-refractivity contribution in [3.63, 3.8) is 0 Å². The zero-order valence-electron chi connectivity index (χ0n) is 17.8. The summed E-state index contributed by atoms with van der Waals surface area (Å²) in [6.45, 7) is 0. The Morgan fingerprint density at radius 3 is 0.973 bits per heavy atom. The number of rotatable bonds is 6. The largest absolute Gasteiger partial charge is 0.453 e. The van der Waals surface area contributed by atoms with Crippen molar-refractivity contribution < 1.29 is 48.6 Å². The highest BCUT2D eigenvalue weighted by Gasteiger charge is 2.28. The zero-order chi connectivity index (χ0) is 27.0. The summed E-state index contributed by atoms with van der Waals surface area (Å²) in [4.78, 5) is 0. The van der Waals surface area contributed by atoms with Gasteiger partial charge in [-0.05, 0) is 24.3 Å². The molecule has 0 atom stereocenters. The van der Waals surface area contributed by atoms with Crippen LogP contribution in [-0.4, -0.2) is 0 Å². The molecule has 192 valence electrons. The molecule has 0 aromatic heterocycles. The molecule has 0 saturated carbocycles. The van der Waals surface area contributed by atoms with Crippen molar-refractivity contribution in [3.05, 3.63) is 107 Å². The van der Waals surface area contributed by atoms with Crippen molar-refractivity contribution in [1.82, 2.24) is 0 Å². The van der Waals surface area contributed by atoms with Crippen molar-refractivity contribution in [2.24, 2.45) is 0 Å². The minimum absolute atomic E-state index is 0.280. The summed E-state index contributed by atoms with van der Waals surface area (Å²) in [7, 11) is 0. The molecular weight excluding hydrogens is 522 g/mol. The summed E-state index contributed by atoms with van der Waals surface area (Å²) in [6.07, 6.45) is 0. The minimum atomic E-state index is -2.36. The Bertz CT molecular complexity index is 1360. The molecule has 0 heterocycles. The van der Waals surface area contributed by atoms with E-state index in [2.05, 4.69) is 0 Å². The molecule has 0 bridgehead atoms. The van der Waals surface area contributed by atoms with Gasteiger partial charge in [-0.3, -0.25) is 0 Å². The van der Waals surface area contributed by atoms with Crippen molar-refractivity contribution in [2.45, 2.75) is 0 Å². The fourth-order valence-electron chi connectivity index (χ4n) is 3.13. The molecular formula is C24H10F10N2O. The first kappa shape index (κ1) is 25.7. The number of ether oxygens (including phenoxy) is 1. The Morgan fingerprint density at radius 1 is 0.378 bits per heavy atom. The lowest BCUT2D eigenvalue weighted by atomic mass is 10.2. The second-order valence-electron chi connectivity index (χ2n) is 7.23. The Labute approximate surface area is 200 Å². The molecule has 4 aromatic rings. The van der Waals surface area contributed by atoms with Crippen molar-refractivity contribution in [3.8, 4) is 11.5 Å². The molecule has 4 aromatic carbocycles. The highest BCUT2D eigenvalue weighted by atomic mass is 19.2. The molecule has 37 heavy (non-hydrogen) atoms. The van der Waals surface area contributed by atoms with E-state index in [1.54, 1.807) is 0 Å². The third kappa shape index (κ3) is 4.59. The van der Waals surface area contributed by atoms with Gasteiger partial charge in [0.25, 0.3) is 0 Å². The molecule has 0 fully saturated rings. The smallest absolute Gasteiger partial charge is 0.200 e. The molecule has 0 radical (unpaired) electrons. The number of para-hydroxylation sites is 4. The van der Waals surface area contributed by atoms with E-state index < -0.39 is 69.5 Å². The highest BCUT2D eigenvalue weighted by molar-refractivity contribution is 5.71. The molecule has 4 rings (SSSR count). The highest BCUT2D eigenvalue weighted by Crippen LogP contribution is 2.39. The predicted octanol–water partition coefficient (Wildman–Crippen LogP) is 8.36. The first-order valence-electron chi connectivity index (χ1n) is 9.95. The summed E-state index contributed by atoms with van der Waals surface area (Å²) < 4.78 is 143. The van der Waals surface area contributed by atoms with Crippen LogP contribution >= 0.6 is 0 Å². The maximum atomic E-state index is 14.1. The van der Waals surface area contributed by atoms with Crippen molar-refractivity contribution >= 4 is 22.7 Å². The number of hydrogen-bond acceptors (Lipinski definition) is 3.